The van der Waals surface area contributed by atoms with Crippen LogP contribution in [0.4, 0.5) is 13.2 Å². The first kappa shape index (κ1) is 22.3. The van der Waals surface area contributed by atoms with Crippen molar-refractivity contribution in [2.45, 2.75) is 43.8 Å². The number of hydrogen-bond acceptors (Lipinski definition) is 6. The molecule has 31 heavy (non-hydrogen) atoms. The van der Waals surface area contributed by atoms with Gasteiger partial charge in [-0.2, -0.15) is 13.2 Å². The molecule has 11 heteroatoms. The summed E-state index contributed by atoms with van der Waals surface area (Å²) in [6.07, 6.45) is -4.20. The second-order valence-electron chi connectivity index (χ2n) is 7.70. The zero-order chi connectivity index (χ0) is 22.3. The summed E-state index contributed by atoms with van der Waals surface area (Å²) in [5.74, 6) is -1.53. The predicted octanol–water partition coefficient (Wildman–Crippen LogP) is 4.81. The highest BCUT2D eigenvalue weighted by atomic mass is 35.5. The van der Waals surface area contributed by atoms with E-state index in [0.717, 1.165) is 18.2 Å². The van der Waals surface area contributed by atoms with Crippen molar-refractivity contribution in [3.8, 4) is 5.75 Å². The largest absolute Gasteiger partial charge is 0.492 e. The molecule has 0 amide bonds. The normalized spacial score (nSPS) is 28.4. The fraction of sp³-hybridized carbons (Fsp3) is 0.500. The SMILES string of the molecule is O=C(O)c1csc([C@H]2CC[C@@H]3[C@@H](COc4cc(C(F)(F)F)ccc4Cl)[C@H](O)C[C@@H]3O2)n1. The van der Waals surface area contributed by atoms with Crippen LogP contribution in [0.1, 0.15) is 46.4 Å². The van der Waals surface area contributed by atoms with Gasteiger partial charge in [0.25, 0.3) is 0 Å². The van der Waals surface area contributed by atoms with Crippen molar-refractivity contribution >= 4 is 28.9 Å². The number of aliphatic hydroxyl groups is 1. The molecule has 1 saturated carbocycles. The predicted molar refractivity (Wildman–Crippen MR) is 105 cm³/mol. The van der Waals surface area contributed by atoms with E-state index in [9.17, 15) is 23.1 Å². The van der Waals surface area contributed by atoms with Gasteiger partial charge in [-0.05, 0) is 37.0 Å². The first-order valence-corrected chi connectivity index (χ1v) is 10.9. The fourth-order valence-corrected chi connectivity index (χ4v) is 5.29. The Bertz CT molecular complexity index is 969. The number of aliphatic hydroxyl groups excluding tert-OH is 1. The van der Waals surface area contributed by atoms with E-state index in [2.05, 4.69) is 4.98 Å². The maximum Gasteiger partial charge on any atom is 0.416 e. The van der Waals surface area contributed by atoms with E-state index < -0.39 is 23.8 Å². The third-order valence-electron chi connectivity index (χ3n) is 5.80. The fourth-order valence-electron chi connectivity index (χ4n) is 4.25. The van der Waals surface area contributed by atoms with Crippen molar-refractivity contribution in [3.63, 3.8) is 0 Å². The summed E-state index contributed by atoms with van der Waals surface area (Å²) in [4.78, 5) is 15.1. The molecule has 0 radical (unpaired) electrons. The van der Waals surface area contributed by atoms with E-state index >= 15 is 0 Å². The van der Waals surface area contributed by atoms with Crippen molar-refractivity contribution in [3.05, 3.63) is 44.9 Å². The molecular formula is C20H19ClF3NO5S. The molecule has 1 aromatic heterocycles. The zero-order valence-corrected chi connectivity index (χ0v) is 17.6. The van der Waals surface area contributed by atoms with Crippen LogP contribution in [0.3, 0.4) is 0 Å². The quantitative estimate of drug-likeness (QED) is 0.642. The molecule has 4 rings (SSSR count). The van der Waals surface area contributed by atoms with Crippen LogP contribution in [0, 0.1) is 11.8 Å². The molecule has 1 aliphatic carbocycles. The number of thiazole rings is 1. The van der Waals surface area contributed by atoms with Crippen molar-refractivity contribution in [1.82, 2.24) is 4.98 Å². The Morgan fingerprint density at radius 3 is 2.81 bits per heavy atom. The molecule has 168 valence electrons. The Hall–Kier alpha value is -1.88. The van der Waals surface area contributed by atoms with Crippen LogP contribution in [0.5, 0.6) is 5.75 Å². The second kappa shape index (κ2) is 8.57. The van der Waals surface area contributed by atoms with Crippen molar-refractivity contribution in [2.24, 2.45) is 11.8 Å². The highest BCUT2D eigenvalue weighted by molar-refractivity contribution is 7.09. The number of benzene rings is 1. The van der Waals surface area contributed by atoms with Gasteiger partial charge in [-0.3, -0.25) is 0 Å². The van der Waals surface area contributed by atoms with E-state index in [1.165, 1.54) is 16.7 Å². The van der Waals surface area contributed by atoms with Gasteiger partial charge in [0.1, 0.15) is 16.9 Å². The zero-order valence-electron chi connectivity index (χ0n) is 16.0. The van der Waals surface area contributed by atoms with Crippen LogP contribution in [0.25, 0.3) is 0 Å². The number of fused-ring (bicyclic) bond motifs is 1. The van der Waals surface area contributed by atoms with Crippen LogP contribution < -0.4 is 4.74 Å². The summed E-state index contributed by atoms with van der Waals surface area (Å²) in [6, 6.07) is 2.89. The van der Waals surface area contributed by atoms with Crippen molar-refractivity contribution in [2.75, 3.05) is 6.61 Å². The number of rotatable bonds is 5. The van der Waals surface area contributed by atoms with Crippen LogP contribution >= 0.6 is 22.9 Å². The van der Waals surface area contributed by atoms with Crippen molar-refractivity contribution in [1.29, 1.82) is 0 Å². The summed E-state index contributed by atoms with van der Waals surface area (Å²) in [5, 5.41) is 21.7. The summed E-state index contributed by atoms with van der Waals surface area (Å²) < 4.78 is 50.6. The molecule has 6 nitrogen and oxygen atoms in total. The average Bonchev–Trinajstić information content (AvgIpc) is 3.30. The first-order valence-electron chi connectivity index (χ1n) is 9.65. The minimum atomic E-state index is -4.51. The maximum absolute atomic E-state index is 13.0. The lowest BCUT2D eigenvalue weighted by molar-refractivity contribution is -0.137. The minimum absolute atomic E-state index is 0.0117. The molecule has 2 fully saturated rings. The lowest BCUT2D eigenvalue weighted by Crippen LogP contribution is -2.33. The summed E-state index contributed by atoms with van der Waals surface area (Å²) in [6.45, 7) is 0.0117. The van der Waals surface area contributed by atoms with Gasteiger partial charge in [0.2, 0.25) is 0 Å². The first-order chi connectivity index (χ1) is 14.6. The molecule has 5 atom stereocenters. The Morgan fingerprint density at radius 2 is 2.13 bits per heavy atom. The summed E-state index contributed by atoms with van der Waals surface area (Å²) in [7, 11) is 0. The van der Waals surface area contributed by atoms with Crippen molar-refractivity contribution < 1.29 is 37.7 Å². The van der Waals surface area contributed by atoms with Crippen LogP contribution in [-0.4, -0.2) is 40.0 Å². The van der Waals surface area contributed by atoms with E-state index in [0.29, 0.717) is 24.3 Å². The van der Waals surface area contributed by atoms with E-state index in [4.69, 9.17) is 26.2 Å². The molecule has 0 unspecified atom stereocenters. The van der Waals surface area contributed by atoms with Gasteiger partial charge in [-0.15, -0.1) is 11.3 Å². The number of carboxylic acid groups (broad SMARTS) is 1. The van der Waals surface area contributed by atoms with Gasteiger partial charge in [-0.1, -0.05) is 11.6 Å². The third-order valence-corrected chi connectivity index (χ3v) is 7.05. The monoisotopic (exact) mass is 477 g/mol. The highest BCUT2D eigenvalue weighted by Gasteiger charge is 2.47. The smallest absolute Gasteiger partial charge is 0.416 e. The number of ether oxygens (including phenoxy) is 2. The number of alkyl halides is 3. The van der Waals surface area contributed by atoms with Crippen LogP contribution in [-0.2, 0) is 10.9 Å². The summed E-state index contributed by atoms with van der Waals surface area (Å²) in [5.41, 5.74) is -0.883. The van der Waals surface area contributed by atoms with E-state index in [1.54, 1.807) is 0 Å². The van der Waals surface area contributed by atoms with E-state index in [1.807, 2.05) is 0 Å². The number of halogens is 4. The minimum Gasteiger partial charge on any atom is -0.492 e. The number of aromatic nitrogens is 1. The Balaban J connectivity index is 1.41. The molecule has 2 aliphatic rings. The lowest BCUT2D eigenvalue weighted by atomic mass is 9.87. The van der Waals surface area contributed by atoms with Gasteiger partial charge in [0.15, 0.2) is 5.69 Å². The molecule has 2 heterocycles. The van der Waals surface area contributed by atoms with Gasteiger partial charge < -0.3 is 19.7 Å². The molecule has 0 bridgehead atoms. The van der Waals surface area contributed by atoms with Gasteiger partial charge >= 0.3 is 12.1 Å². The molecule has 0 spiro atoms. The standard InChI is InChI=1S/C20H19ClF3NO5S/c21-12-3-1-9(20(22,23)24)5-17(12)29-7-11-10-2-4-15(30-16(10)6-14(11)26)18-25-13(8-31-18)19(27)28/h1,3,5,8,10-11,14-16,26H,2,4,6-7H2,(H,27,28)/t10-,11-,14-,15-,16+/m1/s1. The maximum atomic E-state index is 13.0. The Labute approximate surface area is 184 Å². The third kappa shape index (κ3) is 4.67. The number of carboxylic acids is 1. The van der Waals surface area contributed by atoms with Gasteiger partial charge in [0.05, 0.1) is 29.4 Å². The molecular weight excluding hydrogens is 459 g/mol. The average molecular weight is 478 g/mol. The molecule has 2 N–H and O–H groups in total. The summed E-state index contributed by atoms with van der Waals surface area (Å²) >= 11 is 7.21. The van der Waals surface area contributed by atoms with E-state index in [-0.39, 0.29) is 47.1 Å². The Kier molecular flexibility index (Phi) is 6.17. The molecule has 1 saturated heterocycles. The number of nitrogens with zero attached hydrogens (tertiary/aromatic N) is 1. The Morgan fingerprint density at radius 1 is 1.35 bits per heavy atom. The molecule has 1 aliphatic heterocycles. The van der Waals surface area contributed by atoms with Crippen LogP contribution in [0.2, 0.25) is 5.02 Å². The molecule has 1 aromatic carbocycles. The van der Waals surface area contributed by atoms with Gasteiger partial charge in [-0.25, -0.2) is 9.78 Å². The molecule has 2 aromatic rings. The van der Waals surface area contributed by atoms with Crippen LogP contribution in [0.15, 0.2) is 23.6 Å². The lowest BCUT2D eigenvalue weighted by Gasteiger charge is -2.33. The number of carbonyl (C=O) groups is 1. The second-order valence-corrected chi connectivity index (χ2v) is 9.00. The highest BCUT2D eigenvalue weighted by Crippen LogP contribution is 2.46. The van der Waals surface area contributed by atoms with Gasteiger partial charge in [0, 0.05) is 17.7 Å². The number of aromatic carboxylic acids is 1. The number of hydrogen-bond donors (Lipinski definition) is 2. The topological polar surface area (TPSA) is 88.9 Å².